The van der Waals surface area contributed by atoms with Crippen molar-refractivity contribution in [2.75, 3.05) is 0 Å². The molecular formula is C19H15BrN4O3S. The number of benzene rings is 1. The molecule has 9 heteroatoms. The first-order valence-electron chi connectivity index (χ1n) is 8.86. The number of urea groups is 1. The number of carbonyl (C=O) groups excluding carboxylic acids is 2. The number of nitrogens with zero attached hydrogens (tertiary/aromatic N) is 3. The van der Waals surface area contributed by atoms with Gasteiger partial charge in [0.2, 0.25) is 11.8 Å². The minimum atomic E-state index is -0.959. The minimum absolute atomic E-state index is 0.0462. The van der Waals surface area contributed by atoms with Crippen molar-refractivity contribution < 1.29 is 14.0 Å². The van der Waals surface area contributed by atoms with Gasteiger partial charge in [-0.15, -0.1) is 21.5 Å². The monoisotopic (exact) mass is 458 g/mol. The first kappa shape index (κ1) is 17.6. The van der Waals surface area contributed by atoms with Crippen LogP contribution in [-0.2, 0) is 23.3 Å². The van der Waals surface area contributed by atoms with Crippen LogP contribution in [0.5, 0.6) is 0 Å². The Balaban J connectivity index is 1.41. The molecule has 1 atom stereocenters. The molecule has 1 aliphatic heterocycles. The van der Waals surface area contributed by atoms with Crippen molar-refractivity contribution in [2.45, 2.75) is 31.3 Å². The molecule has 28 heavy (non-hydrogen) atoms. The van der Waals surface area contributed by atoms with Crippen molar-refractivity contribution in [3.63, 3.8) is 0 Å². The first-order chi connectivity index (χ1) is 13.6. The van der Waals surface area contributed by atoms with Crippen LogP contribution in [0.3, 0.4) is 0 Å². The lowest BCUT2D eigenvalue weighted by atomic mass is 9.80. The fourth-order valence-corrected chi connectivity index (χ4v) is 5.11. The summed E-state index contributed by atoms with van der Waals surface area (Å²) in [6.45, 7) is -0.0462. The summed E-state index contributed by atoms with van der Waals surface area (Å²) >= 11 is 5.01. The van der Waals surface area contributed by atoms with Gasteiger partial charge in [0.25, 0.3) is 5.91 Å². The van der Waals surface area contributed by atoms with Crippen LogP contribution in [0.15, 0.2) is 44.6 Å². The number of nitrogens with one attached hydrogen (secondary N) is 1. The molecule has 3 heterocycles. The fourth-order valence-electron chi connectivity index (χ4n) is 3.85. The van der Waals surface area contributed by atoms with E-state index in [0.29, 0.717) is 12.3 Å². The molecule has 142 valence electrons. The van der Waals surface area contributed by atoms with Crippen LogP contribution >= 0.6 is 27.3 Å². The highest BCUT2D eigenvalue weighted by Gasteiger charge is 2.54. The van der Waals surface area contributed by atoms with Gasteiger partial charge in [0, 0.05) is 20.5 Å². The van der Waals surface area contributed by atoms with Gasteiger partial charge >= 0.3 is 6.03 Å². The van der Waals surface area contributed by atoms with Crippen molar-refractivity contribution in [3.05, 3.63) is 56.5 Å². The Bertz CT molecular complexity index is 1080. The normalized spacial score (nSPS) is 21.2. The molecule has 0 bridgehead atoms. The van der Waals surface area contributed by atoms with Crippen molar-refractivity contribution in [2.24, 2.45) is 0 Å². The van der Waals surface area contributed by atoms with E-state index in [9.17, 15) is 9.59 Å². The lowest BCUT2D eigenvalue weighted by molar-refractivity contribution is -0.132. The van der Waals surface area contributed by atoms with Crippen LogP contribution in [0.2, 0.25) is 0 Å². The maximum Gasteiger partial charge on any atom is 0.325 e. The zero-order valence-corrected chi connectivity index (χ0v) is 17.0. The highest BCUT2D eigenvalue weighted by atomic mass is 79.9. The smallest absolute Gasteiger partial charge is 0.325 e. The molecule has 0 saturated carbocycles. The van der Waals surface area contributed by atoms with E-state index in [2.05, 4.69) is 31.4 Å². The van der Waals surface area contributed by atoms with E-state index < -0.39 is 11.6 Å². The van der Waals surface area contributed by atoms with Crippen LogP contribution in [0.25, 0.3) is 11.5 Å². The second-order valence-electron chi connectivity index (χ2n) is 6.85. The molecule has 1 aliphatic carbocycles. The van der Waals surface area contributed by atoms with Gasteiger partial charge in [0.05, 0.1) is 0 Å². The number of thiophene rings is 1. The standard InChI is InChI=1S/C19H15BrN4O3S/c20-12-5-3-11(4-6-12)16-23-22-15(27-16)10-24-17(25)19(21-18(24)26)8-1-2-14-13(19)7-9-28-14/h3-7,9H,1-2,8,10H2,(H,21,26)/t19-/m0/s1. The number of rotatable bonds is 3. The second-order valence-corrected chi connectivity index (χ2v) is 8.76. The lowest BCUT2D eigenvalue weighted by Crippen LogP contribution is -2.46. The van der Waals surface area contributed by atoms with Gasteiger partial charge in [0.1, 0.15) is 12.1 Å². The Labute approximate surface area is 172 Å². The number of aromatic nitrogens is 2. The molecule has 0 unspecified atom stereocenters. The van der Waals surface area contributed by atoms with Gasteiger partial charge in [0.15, 0.2) is 0 Å². The maximum atomic E-state index is 13.2. The lowest BCUT2D eigenvalue weighted by Gasteiger charge is -2.31. The summed E-state index contributed by atoms with van der Waals surface area (Å²) in [4.78, 5) is 28.2. The molecule has 3 aromatic rings. The Kier molecular flexibility index (Phi) is 4.09. The highest BCUT2D eigenvalue weighted by molar-refractivity contribution is 9.10. The number of hydrogen-bond donors (Lipinski definition) is 1. The van der Waals surface area contributed by atoms with Gasteiger partial charge in [-0.3, -0.25) is 9.69 Å². The number of hydrogen-bond acceptors (Lipinski definition) is 6. The van der Waals surface area contributed by atoms with E-state index in [0.717, 1.165) is 33.3 Å². The Morgan fingerprint density at radius 2 is 2.04 bits per heavy atom. The Morgan fingerprint density at radius 1 is 1.21 bits per heavy atom. The number of imide groups is 1. The summed E-state index contributed by atoms with van der Waals surface area (Å²) in [6, 6.07) is 8.98. The number of carbonyl (C=O) groups is 2. The summed E-state index contributed by atoms with van der Waals surface area (Å²) in [6.07, 6.45) is 2.41. The van der Waals surface area contributed by atoms with E-state index in [1.54, 1.807) is 11.3 Å². The second kappa shape index (κ2) is 6.52. The molecule has 1 fully saturated rings. The Morgan fingerprint density at radius 3 is 2.86 bits per heavy atom. The van der Waals surface area contributed by atoms with E-state index in [1.165, 1.54) is 4.90 Å². The average molecular weight is 459 g/mol. The highest BCUT2D eigenvalue weighted by Crippen LogP contribution is 2.42. The van der Waals surface area contributed by atoms with Gasteiger partial charge in [-0.05, 0) is 55.0 Å². The van der Waals surface area contributed by atoms with Crippen molar-refractivity contribution >= 4 is 39.2 Å². The van der Waals surface area contributed by atoms with Crippen molar-refractivity contribution in [3.8, 4) is 11.5 Å². The summed E-state index contributed by atoms with van der Waals surface area (Å²) in [5, 5.41) is 13.0. The average Bonchev–Trinajstić information content (AvgIpc) is 3.40. The largest absolute Gasteiger partial charge is 0.419 e. The van der Waals surface area contributed by atoms with Gasteiger partial charge in [-0.25, -0.2) is 4.79 Å². The zero-order valence-electron chi connectivity index (χ0n) is 14.6. The van der Waals surface area contributed by atoms with E-state index in [4.69, 9.17) is 4.42 Å². The number of fused-ring (bicyclic) bond motifs is 2. The topological polar surface area (TPSA) is 88.3 Å². The maximum absolute atomic E-state index is 13.2. The van der Waals surface area contributed by atoms with Crippen LogP contribution in [0.4, 0.5) is 4.79 Å². The van der Waals surface area contributed by atoms with Gasteiger partial charge in [-0.1, -0.05) is 15.9 Å². The van der Waals surface area contributed by atoms with E-state index >= 15 is 0 Å². The molecule has 3 amide bonds. The molecular weight excluding hydrogens is 444 g/mol. The third-order valence-corrected chi connectivity index (χ3v) is 6.70. The van der Waals surface area contributed by atoms with Crippen molar-refractivity contribution in [1.29, 1.82) is 0 Å². The summed E-state index contributed by atoms with van der Waals surface area (Å²) in [7, 11) is 0. The molecule has 5 rings (SSSR count). The van der Waals surface area contributed by atoms with Crippen molar-refractivity contribution in [1.82, 2.24) is 20.4 Å². The molecule has 7 nitrogen and oxygen atoms in total. The van der Waals surface area contributed by atoms with Crippen LogP contribution < -0.4 is 5.32 Å². The first-order valence-corrected chi connectivity index (χ1v) is 10.5. The van der Waals surface area contributed by atoms with Gasteiger partial charge < -0.3 is 9.73 Å². The molecule has 2 aliphatic rings. The number of aryl methyl sites for hydroxylation is 1. The quantitative estimate of drug-likeness (QED) is 0.602. The number of halogens is 1. The molecule has 1 aromatic carbocycles. The van der Waals surface area contributed by atoms with Crippen LogP contribution in [0.1, 0.15) is 29.2 Å². The predicted molar refractivity (Wildman–Crippen MR) is 105 cm³/mol. The van der Waals surface area contributed by atoms with Crippen LogP contribution in [0, 0.1) is 0 Å². The Hall–Kier alpha value is -2.52. The zero-order chi connectivity index (χ0) is 19.3. The van der Waals surface area contributed by atoms with Crippen LogP contribution in [-0.4, -0.2) is 27.0 Å². The molecule has 1 N–H and O–H groups in total. The van der Waals surface area contributed by atoms with Gasteiger partial charge in [-0.2, -0.15) is 0 Å². The fraction of sp³-hybridized carbons (Fsp3) is 0.263. The molecule has 2 aromatic heterocycles. The molecule has 0 radical (unpaired) electrons. The molecule has 1 saturated heterocycles. The SMILES string of the molecule is O=C1N[C@]2(CCCc3sccc32)C(=O)N1Cc1nnc(-c2ccc(Br)cc2)o1. The summed E-state index contributed by atoms with van der Waals surface area (Å²) in [5.41, 5.74) is 0.732. The molecule has 1 spiro atoms. The minimum Gasteiger partial charge on any atom is -0.419 e. The summed E-state index contributed by atoms with van der Waals surface area (Å²) in [5.74, 6) is 0.321. The third kappa shape index (κ3) is 2.68. The predicted octanol–water partition coefficient (Wildman–Crippen LogP) is 3.84. The van der Waals surface area contributed by atoms with E-state index in [1.807, 2.05) is 35.7 Å². The third-order valence-electron chi connectivity index (χ3n) is 5.19. The summed E-state index contributed by atoms with van der Waals surface area (Å²) < 4.78 is 6.63. The number of amides is 3. The van der Waals surface area contributed by atoms with E-state index in [-0.39, 0.29) is 18.3 Å².